The number of hydrogen-bond donors (Lipinski definition) is 1. The average molecular weight is 171 g/mol. The fraction of sp³-hybridized carbons (Fsp3) is 1.00. The van der Waals surface area contributed by atoms with Crippen molar-refractivity contribution in [2.75, 3.05) is 13.2 Å². The fourth-order valence-corrected chi connectivity index (χ4v) is 2.19. The van der Waals surface area contributed by atoms with E-state index >= 15 is 0 Å². The van der Waals surface area contributed by atoms with Crippen LogP contribution in [0.25, 0.3) is 0 Å². The molecule has 3 nitrogen and oxygen atoms in total. The maximum absolute atomic E-state index is 6.13. The fourth-order valence-electron chi connectivity index (χ4n) is 2.19. The van der Waals surface area contributed by atoms with Crippen molar-refractivity contribution in [3.63, 3.8) is 0 Å². The number of ether oxygens (including phenoxy) is 2. The molecule has 0 radical (unpaired) electrons. The molecule has 3 heteroatoms. The van der Waals surface area contributed by atoms with Crippen molar-refractivity contribution in [2.24, 2.45) is 17.6 Å². The van der Waals surface area contributed by atoms with Crippen LogP contribution in [-0.4, -0.2) is 25.0 Å². The van der Waals surface area contributed by atoms with Gasteiger partial charge in [0.25, 0.3) is 0 Å². The first kappa shape index (κ1) is 8.48. The van der Waals surface area contributed by atoms with Crippen LogP contribution in [0.4, 0.5) is 0 Å². The predicted octanol–water partition coefficient (Wildman–Crippen LogP) is 0.733. The maximum atomic E-state index is 6.13. The minimum atomic E-state index is -0.485. The molecule has 2 heterocycles. The molecule has 0 aromatic rings. The van der Waals surface area contributed by atoms with Gasteiger partial charge in [0.1, 0.15) is 11.8 Å². The summed E-state index contributed by atoms with van der Waals surface area (Å²) in [5.74, 6) is 0.832. The van der Waals surface area contributed by atoms with Crippen LogP contribution in [0.15, 0.2) is 0 Å². The van der Waals surface area contributed by atoms with Gasteiger partial charge in [0.15, 0.2) is 0 Å². The van der Waals surface area contributed by atoms with Gasteiger partial charge in [-0.05, 0) is 6.42 Å². The van der Waals surface area contributed by atoms with Gasteiger partial charge in [-0.25, -0.2) is 0 Å². The lowest BCUT2D eigenvalue weighted by atomic mass is 9.91. The molecule has 2 rings (SSSR count). The van der Waals surface area contributed by atoms with Crippen LogP contribution in [0.5, 0.6) is 0 Å². The topological polar surface area (TPSA) is 44.5 Å². The molecule has 0 aromatic carbocycles. The minimum absolute atomic E-state index is 0.137. The van der Waals surface area contributed by atoms with Crippen molar-refractivity contribution in [1.29, 1.82) is 0 Å². The second-order valence-corrected chi connectivity index (χ2v) is 3.99. The highest BCUT2D eigenvalue weighted by molar-refractivity contribution is 5.00. The zero-order valence-electron chi connectivity index (χ0n) is 7.75. The molecule has 2 N–H and O–H groups in total. The third kappa shape index (κ3) is 0.934. The first-order valence-electron chi connectivity index (χ1n) is 4.73. The third-order valence-corrected chi connectivity index (χ3v) is 3.24. The second kappa shape index (κ2) is 2.69. The highest BCUT2D eigenvalue weighted by Gasteiger charge is 2.55. The summed E-state index contributed by atoms with van der Waals surface area (Å²) in [7, 11) is 0. The van der Waals surface area contributed by atoms with E-state index in [1.165, 1.54) is 0 Å². The molecule has 1 unspecified atom stereocenters. The lowest BCUT2D eigenvalue weighted by Crippen LogP contribution is -2.50. The summed E-state index contributed by atoms with van der Waals surface area (Å²) in [5.41, 5.74) is 5.64. The van der Waals surface area contributed by atoms with Gasteiger partial charge >= 0.3 is 0 Å². The molecular weight excluding hydrogens is 154 g/mol. The Balaban J connectivity index is 2.17. The molecule has 0 aromatic heterocycles. The molecule has 0 bridgehead atoms. The summed E-state index contributed by atoms with van der Waals surface area (Å²) in [4.78, 5) is 0. The quantitative estimate of drug-likeness (QED) is 0.632. The molecule has 0 spiro atoms. The van der Waals surface area contributed by atoms with Crippen LogP contribution in [0.1, 0.15) is 20.3 Å². The van der Waals surface area contributed by atoms with E-state index in [-0.39, 0.29) is 6.10 Å². The van der Waals surface area contributed by atoms with Gasteiger partial charge in [-0.2, -0.15) is 0 Å². The summed E-state index contributed by atoms with van der Waals surface area (Å²) >= 11 is 0. The van der Waals surface area contributed by atoms with Crippen LogP contribution in [0, 0.1) is 11.8 Å². The summed E-state index contributed by atoms with van der Waals surface area (Å²) in [6.07, 6.45) is 1.23. The van der Waals surface area contributed by atoms with Crippen molar-refractivity contribution in [3.8, 4) is 0 Å². The van der Waals surface area contributed by atoms with E-state index in [9.17, 15) is 0 Å². The lowest BCUT2D eigenvalue weighted by molar-refractivity contribution is -0.0350. The zero-order chi connectivity index (χ0) is 8.77. The maximum Gasteiger partial charge on any atom is 0.148 e. The summed E-state index contributed by atoms with van der Waals surface area (Å²) < 4.78 is 11.3. The van der Waals surface area contributed by atoms with Crippen LogP contribution >= 0.6 is 0 Å². The lowest BCUT2D eigenvalue weighted by Gasteiger charge is -2.26. The molecule has 70 valence electrons. The van der Waals surface area contributed by atoms with E-state index in [2.05, 4.69) is 13.8 Å². The number of rotatable bonds is 1. The van der Waals surface area contributed by atoms with E-state index < -0.39 is 5.72 Å². The molecule has 0 saturated carbocycles. The Kier molecular flexibility index (Phi) is 1.90. The standard InChI is InChI=1S/C9H17NO2/c1-3-7-5-12-9(10)6(2)4-11-8(7)9/h6-8H,3-5,10H2,1-2H3/t6-,7?,8-,9-/m1/s1. The average Bonchev–Trinajstić information content (AvgIpc) is 2.51. The molecule has 4 atom stereocenters. The first-order chi connectivity index (χ1) is 5.68. The zero-order valence-corrected chi connectivity index (χ0v) is 7.75. The van der Waals surface area contributed by atoms with Gasteiger partial charge in [-0.15, -0.1) is 0 Å². The molecular formula is C9H17NO2. The van der Waals surface area contributed by atoms with Gasteiger partial charge in [0.2, 0.25) is 0 Å². The molecule has 12 heavy (non-hydrogen) atoms. The van der Waals surface area contributed by atoms with Gasteiger partial charge in [-0.1, -0.05) is 13.8 Å². The summed E-state index contributed by atoms with van der Waals surface area (Å²) in [6, 6.07) is 0. The molecule has 2 saturated heterocycles. The van der Waals surface area contributed by atoms with E-state index in [0.717, 1.165) is 19.6 Å². The first-order valence-corrected chi connectivity index (χ1v) is 4.73. The molecule has 2 fully saturated rings. The third-order valence-electron chi connectivity index (χ3n) is 3.24. The Morgan fingerprint density at radius 1 is 1.50 bits per heavy atom. The van der Waals surface area contributed by atoms with Gasteiger partial charge < -0.3 is 15.2 Å². The number of nitrogens with two attached hydrogens (primary N) is 1. The van der Waals surface area contributed by atoms with Crippen LogP contribution in [-0.2, 0) is 9.47 Å². The summed E-state index contributed by atoms with van der Waals surface area (Å²) in [5, 5.41) is 0. The van der Waals surface area contributed by atoms with Crippen molar-refractivity contribution < 1.29 is 9.47 Å². The molecule has 2 aliphatic rings. The van der Waals surface area contributed by atoms with Crippen molar-refractivity contribution >= 4 is 0 Å². The van der Waals surface area contributed by atoms with Crippen LogP contribution in [0.2, 0.25) is 0 Å². The highest BCUT2D eigenvalue weighted by Crippen LogP contribution is 2.41. The minimum Gasteiger partial charge on any atom is -0.373 e. The van der Waals surface area contributed by atoms with Crippen molar-refractivity contribution in [2.45, 2.75) is 32.1 Å². The smallest absolute Gasteiger partial charge is 0.148 e. The SMILES string of the molecule is CCC1CO[C@]2(N)[C@H](C)CO[C@H]12. The predicted molar refractivity (Wildman–Crippen MR) is 45.6 cm³/mol. The van der Waals surface area contributed by atoms with E-state index in [0.29, 0.717) is 11.8 Å². The monoisotopic (exact) mass is 171 g/mol. The number of hydrogen-bond acceptors (Lipinski definition) is 3. The largest absolute Gasteiger partial charge is 0.373 e. The van der Waals surface area contributed by atoms with Gasteiger partial charge in [0.05, 0.1) is 13.2 Å². The van der Waals surface area contributed by atoms with E-state index in [1.54, 1.807) is 0 Å². The van der Waals surface area contributed by atoms with E-state index in [1.807, 2.05) is 0 Å². The summed E-state index contributed by atoms with van der Waals surface area (Å²) in [6.45, 7) is 5.77. The van der Waals surface area contributed by atoms with E-state index in [4.69, 9.17) is 15.2 Å². The van der Waals surface area contributed by atoms with Crippen molar-refractivity contribution in [3.05, 3.63) is 0 Å². The van der Waals surface area contributed by atoms with Crippen LogP contribution in [0.3, 0.4) is 0 Å². The van der Waals surface area contributed by atoms with Crippen LogP contribution < -0.4 is 5.73 Å². The normalized spacial score (nSPS) is 52.8. The molecule has 0 aliphatic carbocycles. The molecule has 2 aliphatic heterocycles. The van der Waals surface area contributed by atoms with Gasteiger partial charge in [-0.3, -0.25) is 0 Å². The Morgan fingerprint density at radius 2 is 2.25 bits per heavy atom. The second-order valence-electron chi connectivity index (χ2n) is 3.99. The Morgan fingerprint density at radius 3 is 2.92 bits per heavy atom. The Labute approximate surface area is 73.2 Å². The molecule has 0 amide bonds. The Bertz CT molecular complexity index is 185. The number of fused-ring (bicyclic) bond motifs is 1. The highest BCUT2D eigenvalue weighted by atomic mass is 16.6. The van der Waals surface area contributed by atoms with Gasteiger partial charge in [0, 0.05) is 11.8 Å². The van der Waals surface area contributed by atoms with Crippen molar-refractivity contribution in [1.82, 2.24) is 0 Å². The Hall–Kier alpha value is -0.120.